The lowest BCUT2D eigenvalue weighted by Gasteiger charge is -2.38. The maximum absolute atomic E-state index is 12.6. The summed E-state index contributed by atoms with van der Waals surface area (Å²) in [5, 5.41) is 3.93. The number of rotatable bonds is 7. The Kier molecular flexibility index (Phi) is 6.22. The van der Waals surface area contributed by atoms with Crippen LogP contribution in [0.5, 0.6) is 0 Å². The number of hydrogen-bond acceptors (Lipinski definition) is 8. The Hall–Kier alpha value is -3.79. The molecule has 0 bridgehead atoms. The summed E-state index contributed by atoms with van der Waals surface area (Å²) in [6.07, 6.45) is 5.65. The highest BCUT2D eigenvalue weighted by atomic mass is 16.5. The van der Waals surface area contributed by atoms with Gasteiger partial charge in [0, 0.05) is 50.4 Å². The van der Waals surface area contributed by atoms with Crippen LogP contribution >= 0.6 is 0 Å². The van der Waals surface area contributed by atoms with Crippen LogP contribution in [0.2, 0.25) is 0 Å². The summed E-state index contributed by atoms with van der Waals surface area (Å²) in [7, 11) is 0. The molecule has 3 aromatic heterocycles. The van der Waals surface area contributed by atoms with Crippen molar-refractivity contribution in [2.24, 2.45) is 5.92 Å². The molecule has 0 spiro atoms. The van der Waals surface area contributed by atoms with Crippen molar-refractivity contribution in [3.8, 4) is 0 Å². The largest absolute Gasteiger partial charge is 0.378 e. The van der Waals surface area contributed by atoms with Gasteiger partial charge in [0.2, 0.25) is 11.9 Å². The first-order valence-corrected chi connectivity index (χ1v) is 11.4. The van der Waals surface area contributed by atoms with Crippen LogP contribution in [-0.4, -0.2) is 69.7 Å². The summed E-state index contributed by atoms with van der Waals surface area (Å²) in [6.45, 7) is 8.58. The highest BCUT2D eigenvalue weighted by molar-refractivity contribution is 5.87. The van der Waals surface area contributed by atoms with Gasteiger partial charge in [-0.2, -0.15) is 4.98 Å². The lowest BCUT2D eigenvalue weighted by molar-refractivity contribution is -0.132. The number of aryl methyl sites for hydroxylation is 1. The number of nitrogens with zero attached hydrogens (tertiary/aromatic N) is 6. The van der Waals surface area contributed by atoms with E-state index in [1.165, 1.54) is 6.08 Å². The molecule has 176 valence electrons. The Morgan fingerprint density at radius 3 is 2.71 bits per heavy atom. The molecule has 2 saturated heterocycles. The first-order valence-electron chi connectivity index (χ1n) is 11.4. The molecule has 5 heterocycles. The van der Waals surface area contributed by atoms with E-state index in [1.54, 1.807) is 27.8 Å². The molecule has 2 aliphatic rings. The molecular formula is C24H27N7O3. The quantitative estimate of drug-likeness (QED) is 0.531. The number of likely N-dealkylation sites (tertiary alicyclic amines) is 1. The lowest BCUT2D eigenvalue weighted by Crippen LogP contribution is -2.49. The van der Waals surface area contributed by atoms with Crippen LogP contribution in [0.1, 0.15) is 6.42 Å². The lowest BCUT2D eigenvalue weighted by atomic mass is 9.96. The highest BCUT2D eigenvalue weighted by Crippen LogP contribution is 2.22. The third kappa shape index (κ3) is 4.62. The zero-order valence-corrected chi connectivity index (χ0v) is 18.9. The molecule has 10 nitrogen and oxygen atoms in total. The van der Waals surface area contributed by atoms with Crippen molar-refractivity contribution >= 4 is 34.4 Å². The molecule has 2 fully saturated rings. The molecule has 3 aromatic rings. The first-order chi connectivity index (χ1) is 16.6. The van der Waals surface area contributed by atoms with Gasteiger partial charge in [-0.25, -0.2) is 9.97 Å². The maximum atomic E-state index is 12.6. The van der Waals surface area contributed by atoms with Gasteiger partial charge in [-0.15, -0.1) is 0 Å². The number of hydrogen-bond donors (Lipinski definition) is 1. The van der Waals surface area contributed by atoms with E-state index in [1.807, 2.05) is 18.3 Å². The van der Waals surface area contributed by atoms with Gasteiger partial charge in [0.15, 0.2) is 0 Å². The standard InChI is InChI=1S/C24H27N7O3/c1-2-21(32)30-15-17(16-30)7-8-31-22(33)6-3-18-13-26-24(28-23(18)31)27-20-5-4-19(14-25-20)29-9-11-34-12-10-29/h2-6,13-14,17H,1,7-12,15-16H2,(H,25,26,27,28). The van der Waals surface area contributed by atoms with Gasteiger partial charge in [0.1, 0.15) is 11.5 Å². The van der Waals surface area contributed by atoms with Gasteiger partial charge in [0.25, 0.3) is 5.56 Å². The Morgan fingerprint density at radius 1 is 1.15 bits per heavy atom. The van der Waals surface area contributed by atoms with E-state index in [2.05, 4.69) is 31.7 Å². The SMILES string of the molecule is C=CC(=O)N1CC(CCn2c(=O)ccc3cnc(Nc4ccc(N5CCOCC5)cn4)nc32)C1. The molecular weight excluding hydrogens is 434 g/mol. The summed E-state index contributed by atoms with van der Waals surface area (Å²) < 4.78 is 7.08. The number of nitrogens with one attached hydrogen (secondary N) is 1. The highest BCUT2D eigenvalue weighted by Gasteiger charge is 2.29. The molecule has 0 atom stereocenters. The zero-order valence-electron chi connectivity index (χ0n) is 18.9. The van der Waals surface area contributed by atoms with E-state index in [4.69, 9.17) is 4.74 Å². The van der Waals surface area contributed by atoms with E-state index in [0.717, 1.165) is 43.8 Å². The van der Waals surface area contributed by atoms with Crippen molar-refractivity contribution in [2.45, 2.75) is 13.0 Å². The molecule has 34 heavy (non-hydrogen) atoms. The zero-order chi connectivity index (χ0) is 23.5. The van der Waals surface area contributed by atoms with Crippen molar-refractivity contribution in [1.82, 2.24) is 24.4 Å². The fourth-order valence-corrected chi connectivity index (χ4v) is 4.30. The first kappa shape index (κ1) is 22.0. The fraction of sp³-hybridized carbons (Fsp3) is 0.375. The van der Waals surface area contributed by atoms with Crippen LogP contribution < -0.4 is 15.8 Å². The number of morpholine rings is 1. The van der Waals surface area contributed by atoms with E-state index in [9.17, 15) is 9.59 Å². The molecule has 1 amide bonds. The smallest absolute Gasteiger partial charge is 0.252 e. The molecule has 1 N–H and O–H groups in total. The summed E-state index contributed by atoms with van der Waals surface area (Å²) in [5.41, 5.74) is 1.52. The second-order valence-corrected chi connectivity index (χ2v) is 8.52. The maximum Gasteiger partial charge on any atom is 0.252 e. The minimum atomic E-state index is -0.108. The molecule has 0 aromatic carbocycles. The average Bonchev–Trinajstić information content (AvgIpc) is 2.85. The molecule has 5 rings (SSSR count). The predicted molar refractivity (Wildman–Crippen MR) is 129 cm³/mol. The van der Waals surface area contributed by atoms with Crippen LogP contribution in [0.25, 0.3) is 11.0 Å². The Morgan fingerprint density at radius 2 is 1.97 bits per heavy atom. The van der Waals surface area contributed by atoms with Gasteiger partial charge < -0.3 is 19.9 Å². The number of ether oxygens (including phenoxy) is 1. The van der Waals surface area contributed by atoms with E-state index in [-0.39, 0.29) is 11.5 Å². The fourth-order valence-electron chi connectivity index (χ4n) is 4.30. The Labute approximate surface area is 196 Å². The van der Waals surface area contributed by atoms with Gasteiger partial charge in [-0.3, -0.25) is 14.2 Å². The van der Waals surface area contributed by atoms with Crippen molar-refractivity contribution in [2.75, 3.05) is 49.6 Å². The number of anilines is 3. The van der Waals surface area contributed by atoms with Crippen LogP contribution in [0.4, 0.5) is 17.5 Å². The van der Waals surface area contributed by atoms with Crippen molar-refractivity contribution in [3.05, 3.63) is 59.7 Å². The second kappa shape index (κ2) is 9.60. The monoisotopic (exact) mass is 461 g/mol. The average molecular weight is 462 g/mol. The third-order valence-electron chi connectivity index (χ3n) is 6.29. The van der Waals surface area contributed by atoms with Gasteiger partial charge in [-0.05, 0) is 36.6 Å². The summed E-state index contributed by atoms with van der Waals surface area (Å²) in [6, 6.07) is 7.18. The molecule has 0 radical (unpaired) electrons. The minimum Gasteiger partial charge on any atom is -0.378 e. The summed E-state index contributed by atoms with van der Waals surface area (Å²) in [5.74, 6) is 1.32. The molecule has 10 heteroatoms. The van der Waals surface area contributed by atoms with Crippen LogP contribution in [0.3, 0.4) is 0 Å². The summed E-state index contributed by atoms with van der Waals surface area (Å²) in [4.78, 5) is 41.7. The van der Waals surface area contributed by atoms with Gasteiger partial charge in [-0.1, -0.05) is 6.58 Å². The van der Waals surface area contributed by atoms with E-state index < -0.39 is 0 Å². The second-order valence-electron chi connectivity index (χ2n) is 8.52. The van der Waals surface area contributed by atoms with Crippen molar-refractivity contribution in [1.29, 1.82) is 0 Å². The van der Waals surface area contributed by atoms with Gasteiger partial charge in [0.05, 0.1) is 25.1 Å². The van der Waals surface area contributed by atoms with Crippen LogP contribution in [-0.2, 0) is 16.1 Å². The van der Waals surface area contributed by atoms with E-state index >= 15 is 0 Å². The number of fused-ring (bicyclic) bond motifs is 1. The number of amides is 1. The van der Waals surface area contributed by atoms with Crippen molar-refractivity contribution < 1.29 is 9.53 Å². The number of aromatic nitrogens is 4. The van der Waals surface area contributed by atoms with E-state index in [0.29, 0.717) is 43.0 Å². The molecule has 0 saturated carbocycles. The third-order valence-corrected chi connectivity index (χ3v) is 6.29. The molecule has 2 aliphatic heterocycles. The Balaban J connectivity index is 1.29. The predicted octanol–water partition coefficient (Wildman–Crippen LogP) is 1.80. The van der Waals surface area contributed by atoms with Gasteiger partial charge >= 0.3 is 0 Å². The minimum absolute atomic E-state index is 0.0476. The number of carbonyl (C=O) groups excluding carboxylic acids is 1. The van der Waals surface area contributed by atoms with Crippen molar-refractivity contribution in [3.63, 3.8) is 0 Å². The number of carbonyl (C=O) groups is 1. The normalized spacial score (nSPS) is 16.4. The topological polar surface area (TPSA) is 105 Å². The van der Waals surface area contributed by atoms with Crippen LogP contribution in [0, 0.1) is 5.92 Å². The molecule has 0 aliphatic carbocycles. The number of pyridine rings is 2. The van der Waals surface area contributed by atoms with Crippen LogP contribution in [0.15, 0.2) is 54.1 Å². The Bertz CT molecular complexity index is 1250. The summed E-state index contributed by atoms with van der Waals surface area (Å²) >= 11 is 0. The molecule has 0 unspecified atom stereocenters.